The monoisotopic (exact) mass is 280 g/mol. The molecule has 2 heteroatoms. The Kier molecular flexibility index (Phi) is 4.37. The first kappa shape index (κ1) is 14.3. The SMILES string of the molecule is CC(CCc1ccccc1)NC1CC(N)c2ccccc21. The molecule has 0 saturated carbocycles. The zero-order chi connectivity index (χ0) is 14.7. The van der Waals surface area contributed by atoms with Gasteiger partial charge in [0.15, 0.2) is 0 Å². The quantitative estimate of drug-likeness (QED) is 0.875. The van der Waals surface area contributed by atoms with Crippen molar-refractivity contribution in [1.82, 2.24) is 5.32 Å². The molecule has 2 aromatic carbocycles. The second kappa shape index (κ2) is 6.42. The zero-order valence-corrected chi connectivity index (χ0v) is 12.6. The first-order valence-electron chi connectivity index (χ1n) is 7.88. The molecule has 110 valence electrons. The molecule has 1 aliphatic rings. The number of rotatable bonds is 5. The largest absolute Gasteiger partial charge is 0.324 e. The summed E-state index contributed by atoms with van der Waals surface area (Å²) >= 11 is 0. The molecule has 2 aromatic rings. The van der Waals surface area contributed by atoms with Gasteiger partial charge in [-0.2, -0.15) is 0 Å². The molecular weight excluding hydrogens is 256 g/mol. The molecule has 3 atom stereocenters. The lowest BCUT2D eigenvalue weighted by Crippen LogP contribution is -2.30. The van der Waals surface area contributed by atoms with Crippen molar-refractivity contribution in [3.05, 3.63) is 71.3 Å². The highest BCUT2D eigenvalue weighted by Gasteiger charge is 2.28. The molecule has 0 radical (unpaired) electrons. The minimum absolute atomic E-state index is 0.181. The Balaban J connectivity index is 1.57. The van der Waals surface area contributed by atoms with E-state index >= 15 is 0 Å². The van der Waals surface area contributed by atoms with Crippen LogP contribution in [0.3, 0.4) is 0 Å². The van der Waals surface area contributed by atoms with Gasteiger partial charge in [-0.15, -0.1) is 0 Å². The van der Waals surface area contributed by atoms with Crippen molar-refractivity contribution in [2.45, 2.75) is 44.3 Å². The van der Waals surface area contributed by atoms with Crippen LogP contribution in [0.1, 0.15) is 48.5 Å². The maximum absolute atomic E-state index is 6.24. The molecule has 0 bridgehead atoms. The first-order chi connectivity index (χ1) is 10.2. The number of hydrogen-bond donors (Lipinski definition) is 2. The molecule has 0 heterocycles. The molecule has 0 amide bonds. The van der Waals surface area contributed by atoms with Crippen LogP contribution in [-0.2, 0) is 6.42 Å². The van der Waals surface area contributed by atoms with Gasteiger partial charge in [0.2, 0.25) is 0 Å². The van der Waals surface area contributed by atoms with E-state index in [0.29, 0.717) is 12.1 Å². The smallest absolute Gasteiger partial charge is 0.0343 e. The van der Waals surface area contributed by atoms with Crippen LogP contribution in [-0.4, -0.2) is 6.04 Å². The van der Waals surface area contributed by atoms with E-state index < -0.39 is 0 Å². The number of nitrogens with two attached hydrogens (primary N) is 1. The Morgan fingerprint density at radius 2 is 1.71 bits per heavy atom. The van der Waals surface area contributed by atoms with E-state index in [-0.39, 0.29) is 6.04 Å². The van der Waals surface area contributed by atoms with E-state index in [4.69, 9.17) is 5.73 Å². The number of aryl methyl sites for hydroxylation is 1. The Labute approximate surface area is 127 Å². The lowest BCUT2D eigenvalue weighted by molar-refractivity contribution is 0.420. The molecule has 3 rings (SSSR count). The maximum Gasteiger partial charge on any atom is 0.0343 e. The predicted octanol–water partition coefficient (Wildman–Crippen LogP) is 3.74. The Morgan fingerprint density at radius 1 is 1.05 bits per heavy atom. The number of fused-ring (bicyclic) bond motifs is 1. The highest BCUT2D eigenvalue weighted by atomic mass is 15.0. The average Bonchev–Trinajstić information content (AvgIpc) is 2.83. The van der Waals surface area contributed by atoms with Crippen molar-refractivity contribution < 1.29 is 0 Å². The molecule has 3 N–H and O–H groups in total. The van der Waals surface area contributed by atoms with Crippen LogP contribution < -0.4 is 11.1 Å². The third kappa shape index (κ3) is 3.34. The van der Waals surface area contributed by atoms with Crippen LogP contribution in [0.4, 0.5) is 0 Å². The molecule has 0 aliphatic heterocycles. The fraction of sp³-hybridized carbons (Fsp3) is 0.368. The second-order valence-electron chi connectivity index (χ2n) is 6.12. The highest BCUT2D eigenvalue weighted by Crippen LogP contribution is 2.37. The Hall–Kier alpha value is -1.64. The van der Waals surface area contributed by atoms with Crippen LogP contribution in [0.5, 0.6) is 0 Å². The van der Waals surface area contributed by atoms with Crippen molar-refractivity contribution in [3.8, 4) is 0 Å². The van der Waals surface area contributed by atoms with E-state index in [1.54, 1.807) is 0 Å². The van der Waals surface area contributed by atoms with Crippen molar-refractivity contribution >= 4 is 0 Å². The predicted molar refractivity (Wildman–Crippen MR) is 88.1 cm³/mol. The Morgan fingerprint density at radius 3 is 2.48 bits per heavy atom. The first-order valence-corrected chi connectivity index (χ1v) is 7.88. The zero-order valence-electron chi connectivity index (χ0n) is 12.6. The van der Waals surface area contributed by atoms with Gasteiger partial charge in [-0.05, 0) is 42.9 Å². The van der Waals surface area contributed by atoms with Gasteiger partial charge in [0.1, 0.15) is 0 Å². The van der Waals surface area contributed by atoms with Crippen LogP contribution in [0.2, 0.25) is 0 Å². The summed E-state index contributed by atoms with van der Waals surface area (Å²) in [5.41, 5.74) is 10.3. The second-order valence-corrected chi connectivity index (χ2v) is 6.12. The summed E-state index contributed by atoms with van der Waals surface area (Å²) in [5, 5.41) is 3.76. The summed E-state index contributed by atoms with van der Waals surface area (Å²) in [6.07, 6.45) is 3.28. The van der Waals surface area contributed by atoms with Crippen molar-refractivity contribution in [3.63, 3.8) is 0 Å². The standard InChI is InChI=1S/C19H24N2/c1-14(11-12-15-7-3-2-4-8-15)21-19-13-18(20)16-9-5-6-10-17(16)19/h2-10,14,18-19,21H,11-13,20H2,1H3. The van der Waals surface area contributed by atoms with Gasteiger partial charge < -0.3 is 11.1 Å². The molecule has 21 heavy (non-hydrogen) atoms. The summed E-state index contributed by atoms with van der Waals surface area (Å²) in [5.74, 6) is 0. The van der Waals surface area contributed by atoms with Crippen molar-refractivity contribution in [1.29, 1.82) is 0 Å². The van der Waals surface area contributed by atoms with Crippen LogP contribution >= 0.6 is 0 Å². The van der Waals surface area contributed by atoms with Gasteiger partial charge in [0.05, 0.1) is 0 Å². The van der Waals surface area contributed by atoms with Gasteiger partial charge in [0, 0.05) is 18.1 Å². The van der Waals surface area contributed by atoms with Gasteiger partial charge in [-0.25, -0.2) is 0 Å². The lowest BCUT2D eigenvalue weighted by atomic mass is 10.0. The fourth-order valence-electron chi connectivity index (χ4n) is 3.29. The summed E-state index contributed by atoms with van der Waals surface area (Å²) in [4.78, 5) is 0. The molecule has 3 unspecified atom stereocenters. The normalized spacial score (nSPS) is 22.0. The molecular formula is C19H24N2. The third-order valence-corrected chi connectivity index (χ3v) is 4.46. The van der Waals surface area contributed by atoms with E-state index in [0.717, 1.165) is 19.3 Å². The summed E-state index contributed by atoms with van der Waals surface area (Å²) in [7, 11) is 0. The fourth-order valence-corrected chi connectivity index (χ4v) is 3.29. The molecule has 0 aromatic heterocycles. The van der Waals surface area contributed by atoms with Crippen molar-refractivity contribution in [2.24, 2.45) is 5.73 Å². The third-order valence-electron chi connectivity index (χ3n) is 4.46. The van der Waals surface area contributed by atoms with E-state index in [1.807, 2.05) is 0 Å². The molecule has 2 nitrogen and oxygen atoms in total. The summed E-state index contributed by atoms with van der Waals surface area (Å²) in [6, 6.07) is 20.3. The van der Waals surface area contributed by atoms with Crippen molar-refractivity contribution in [2.75, 3.05) is 0 Å². The molecule has 1 aliphatic carbocycles. The minimum Gasteiger partial charge on any atom is -0.324 e. The summed E-state index contributed by atoms with van der Waals surface area (Å²) in [6.45, 7) is 2.27. The maximum atomic E-state index is 6.24. The van der Waals surface area contributed by atoms with Gasteiger partial charge >= 0.3 is 0 Å². The summed E-state index contributed by atoms with van der Waals surface area (Å²) < 4.78 is 0. The van der Waals surface area contributed by atoms with E-state index in [9.17, 15) is 0 Å². The van der Waals surface area contributed by atoms with Gasteiger partial charge in [-0.1, -0.05) is 54.6 Å². The Bertz CT molecular complexity index is 579. The molecule has 0 saturated heterocycles. The van der Waals surface area contributed by atoms with E-state index in [1.165, 1.54) is 16.7 Å². The van der Waals surface area contributed by atoms with Gasteiger partial charge in [0.25, 0.3) is 0 Å². The number of nitrogens with one attached hydrogen (secondary N) is 1. The number of benzene rings is 2. The number of hydrogen-bond acceptors (Lipinski definition) is 2. The molecule has 0 fully saturated rings. The molecule has 0 spiro atoms. The van der Waals surface area contributed by atoms with Gasteiger partial charge in [-0.3, -0.25) is 0 Å². The highest BCUT2D eigenvalue weighted by molar-refractivity contribution is 5.37. The van der Waals surface area contributed by atoms with Crippen LogP contribution in [0.25, 0.3) is 0 Å². The topological polar surface area (TPSA) is 38.0 Å². The lowest BCUT2D eigenvalue weighted by Gasteiger charge is -2.20. The van der Waals surface area contributed by atoms with Crippen LogP contribution in [0, 0.1) is 0 Å². The minimum atomic E-state index is 0.181. The van der Waals surface area contributed by atoms with E-state index in [2.05, 4.69) is 66.8 Å². The van der Waals surface area contributed by atoms with Crippen LogP contribution in [0.15, 0.2) is 54.6 Å². The average molecular weight is 280 g/mol.